The number of rotatable bonds is 0. The Morgan fingerprint density at radius 3 is 2.86 bits per heavy atom. The molecule has 0 amide bonds. The number of ketones is 1. The van der Waals surface area contributed by atoms with Crippen LogP contribution in [0.3, 0.4) is 0 Å². The largest absolute Gasteiger partial charge is 0.846 e. The highest BCUT2D eigenvalue weighted by atomic mass is 16.3. The van der Waals surface area contributed by atoms with E-state index in [0.717, 1.165) is 24.0 Å². The summed E-state index contributed by atoms with van der Waals surface area (Å²) in [5.74, 6) is -0.201. The molecule has 1 atom stereocenters. The van der Waals surface area contributed by atoms with Gasteiger partial charge in [0.05, 0.1) is 0 Å². The van der Waals surface area contributed by atoms with Crippen molar-refractivity contribution in [1.82, 2.24) is 0 Å². The monoisotopic (exact) mass is 187 g/mol. The summed E-state index contributed by atoms with van der Waals surface area (Å²) in [6.07, 6.45) is 6.32. The van der Waals surface area contributed by atoms with Gasteiger partial charge in [0.15, 0.2) is 5.78 Å². The fourth-order valence-electron chi connectivity index (χ4n) is 2.59. The molecule has 0 aromatic heterocycles. The summed E-state index contributed by atoms with van der Waals surface area (Å²) < 4.78 is 0. The highest BCUT2D eigenvalue weighted by Gasteiger charge is 2.52. The number of carbonyl (C=O) groups is 1. The van der Waals surface area contributed by atoms with Crippen molar-refractivity contribution in [3.05, 3.63) is 34.9 Å². The van der Waals surface area contributed by atoms with E-state index >= 15 is 0 Å². The summed E-state index contributed by atoms with van der Waals surface area (Å²) in [6.45, 7) is 2.00. The second-order valence-electron chi connectivity index (χ2n) is 4.38. The highest BCUT2D eigenvalue weighted by molar-refractivity contribution is 6.07. The van der Waals surface area contributed by atoms with E-state index in [1.165, 1.54) is 0 Å². The highest BCUT2D eigenvalue weighted by Crippen LogP contribution is 2.58. The minimum Gasteiger partial charge on any atom is -0.846 e. The van der Waals surface area contributed by atoms with Crippen LogP contribution in [-0.4, -0.2) is 11.9 Å². The molecule has 3 rings (SSSR count). The molecule has 0 radical (unpaired) electrons. The van der Waals surface area contributed by atoms with Crippen molar-refractivity contribution in [2.24, 2.45) is 5.41 Å². The maximum absolute atomic E-state index is 11.9. The molecule has 0 saturated heterocycles. The first-order valence-electron chi connectivity index (χ1n) is 4.97. The van der Waals surface area contributed by atoms with Crippen LogP contribution in [0, 0.1) is 5.41 Å². The summed E-state index contributed by atoms with van der Waals surface area (Å²) in [4.78, 5) is 11.8. The molecule has 0 bridgehead atoms. The van der Waals surface area contributed by atoms with Crippen LogP contribution in [0.25, 0.3) is 0 Å². The lowest BCUT2D eigenvalue weighted by atomic mass is 9.76. The quantitative estimate of drug-likeness (QED) is 0.565. The molecule has 1 spiro atoms. The molecule has 3 aliphatic carbocycles. The SMILES string of the molecule is CC1=C2C=CC=C2C(=O)[C@@H]([O-])C12CC2. The molecule has 2 heteroatoms. The Morgan fingerprint density at radius 2 is 2.21 bits per heavy atom. The van der Waals surface area contributed by atoms with Crippen LogP contribution in [0.2, 0.25) is 0 Å². The van der Waals surface area contributed by atoms with Crippen molar-refractivity contribution in [1.29, 1.82) is 0 Å². The smallest absolute Gasteiger partial charge is 0.150 e. The van der Waals surface area contributed by atoms with E-state index in [1.54, 1.807) is 6.08 Å². The van der Waals surface area contributed by atoms with Gasteiger partial charge in [-0.2, -0.15) is 0 Å². The number of hydrogen-bond donors (Lipinski definition) is 0. The number of allylic oxidation sites excluding steroid dienone is 4. The van der Waals surface area contributed by atoms with Crippen LogP contribution in [0.4, 0.5) is 0 Å². The predicted molar refractivity (Wildman–Crippen MR) is 50.4 cm³/mol. The molecule has 3 aliphatic rings. The number of fused-ring (bicyclic) bond motifs is 1. The van der Waals surface area contributed by atoms with E-state index in [0.29, 0.717) is 5.57 Å². The van der Waals surface area contributed by atoms with Gasteiger partial charge in [-0.25, -0.2) is 0 Å². The van der Waals surface area contributed by atoms with Gasteiger partial charge in [-0.15, -0.1) is 0 Å². The summed E-state index contributed by atoms with van der Waals surface area (Å²) in [5.41, 5.74) is 2.48. The Labute approximate surface area is 82.6 Å². The van der Waals surface area contributed by atoms with Crippen molar-refractivity contribution in [3.8, 4) is 0 Å². The van der Waals surface area contributed by atoms with Crippen LogP contribution < -0.4 is 5.11 Å². The minimum atomic E-state index is -1.04. The Morgan fingerprint density at radius 1 is 1.50 bits per heavy atom. The first-order valence-corrected chi connectivity index (χ1v) is 4.97. The van der Waals surface area contributed by atoms with Crippen LogP contribution in [0.5, 0.6) is 0 Å². The zero-order chi connectivity index (χ0) is 9.92. The maximum Gasteiger partial charge on any atom is 0.150 e. The zero-order valence-corrected chi connectivity index (χ0v) is 8.04. The van der Waals surface area contributed by atoms with Crippen LogP contribution in [-0.2, 0) is 4.79 Å². The van der Waals surface area contributed by atoms with E-state index in [9.17, 15) is 9.90 Å². The average molecular weight is 187 g/mol. The Bertz CT molecular complexity index is 420. The molecule has 0 aliphatic heterocycles. The van der Waals surface area contributed by atoms with Crippen molar-refractivity contribution >= 4 is 5.78 Å². The van der Waals surface area contributed by atoms with Gasteiger partial charge in [0.2, 0.25) is 0 Å². The van der Waals surface area contributed by atoms with Gasteiger partial charge in [-0.3, -0.25) is 4.79 Å². The van der Waals surface area contributed by atoms with E-state index in [-0.39, 0.29) is 11.2 Å². The molecule has 72 valence electrons. The summed E-state index contributed by atoms with van der Waals surface area (Å²) in [7, 11) is 0. The number of Topliss-reactive ketones (excluding diaryl/α,β-unsaturated/α-hetero) is 1. The normalized spacial score (nSPS) is 32.3. The van der Waals surface area contributed by atoms with Gasteiger partial charge in [0.1, 0.15) is 0 Å². The lowest BCUT2D eigenvalue weighted by molar-refractivity contribution is -0.416. The third-order valence-corrected chi connectivity index (χ3v) is 3.76. The average Bonchev–Trinajstić information content (AvgIpc) is 2.83. The molecule has 0 heterocycles. The Balaban J connectivity index is 2.23. The third kappa shape index (κ3) is 0.735. The minimum absolute atomic E-state index is 0.201. The van der Waals surface area contributed by atoms with E-state index < -0.39 is 6.10 Å². The number of hydrogen-bond acceptors (Lipinski definition) is 2. The Hall–Kier alpha value is -1.15. The van der Waals surface area contributed by atoms with Crippen LogP contribution in [0.15, 0.2) is 34.9 Å². The molecule has 14 heavy (non-hydrogen) atoms. The van der Waals surface area contributed by atoms with Gasteiger partial charge in [-0.1, -0.05) is 29.9 Å². The van der Waals surface area contributed by atoms with Crippen LogP contribution >= 0.6 is 0 Å². The van der Waals surface area contributed by atoms with E-state index in [4.69, 9.17) is 0 Å². The second kappa shape index (κ2) is 2.26. The third-order valence-electron chi connectivity index (χ3n) is 3.76. The fourth-order valence-corrected chi connectivity index (χ4v) is 2.59. The summed E-state index contributed by atoms with van der Waals surface area (Å²) >= 11 is 0. The van der Waals surface area contributed by atoms with Gasteiger partial charge < -0.3 is 5.11 Å². The van der Waals surface area contributed by atoms with Gasteiger partial charge in [0.25, 0.3) is 0 Å². The van der Waals surface area contributed by atoms with Crippen molar-refractivity contribution < 1.29 is 9.90 Å². The second-order valence-corrected chi connectivity index (χ2v) is 4.38. The number of carbonyl (C=O) groups excluding carboxylic acids is 1. The van der Waals surface area contributed by atoms with Crippen molar-refractivity contribution in [2.75, 3.05) is 0 Å². The summed E-state index contributed by atoms with van der Waals surface area (Å²) in [5, 5.41) is 11.9. The fraction of sp³-hybridized carbons (Fsp3) is 0.417. The Kier molecular flexibility index (Phi) is 1.32. The standard InChI is InChI=1S/C12H11O2/c1-7-8-3-2-4-9(8)10(13)11(14)12(7)5-6-12/h2-4,11H,5-6H2,1H3/q-1/t11-/m1/s1. The topological polar surface area (TPSA) is 40.1 Å². The van der Waals surface area contributed by atoms with Crippen molar-refractivity contribution in [3.63, 3.8) is 0 Å². The van der Waals surface area contributed by atoms with E-state index in [2.05, 4.69) is 0 Å². The molecule has 0 unspecified atom stereocenters. The van der Waals surface area contributed by atoms with E-state index in [1.807, 2.05) is 19.1 Å². The molecule has 1 saturated carbocycles. The zero-order valence-electron chi connectivity index (χ0n) is 8.04. The molecule has 2 nitrogen and oxygen atoms in total. The van der Waals surface area contributed by atoms with Gasteiger partial charge >= 0.3 is 0 Å². The summed E-state index contributed by atoms with van der Waals surface area (Å²) in [6, 6.07) is 0. The molecular weight excluding hydrogens is 176 g/mol. The van der Waals surface area contributed by atoms with Gasteiger partial charge in [-0.05, 0) is 30.8 Å². The first kappa shape index (κ1) is 8.18. The van der Waals surface area contributed by atoms with Crippen LogP contribution in [0.1, 0.15) is 19.8 Å². The molecular formula is C12H11O2-. The lowest BCUT2D eigenvalue weighted by Crippen LogP contribution is -2.47. The predicted octanol–water partition coefficient (Wildman–Crippen LogP) is 0.891. The molecule has 1 fully saturated rings. The lowest BCUT2D eigenvalue weighted by Gasteiger charge is -2.37. The maximum atomic E-state index is 11.9. The molecule has 0 aromatic rings. The van der Waals surface area contributed by atoms with Crippen molar-refractivity contribution in [2.45, 2.75) is 25.9 Å². The first-order chi connectivity index (χ1) is 6.67. The molecule has 0 aromatic carbocycles. The molecule has 0 N–H and O–H groups in total. The van der Waals surface area contributed by atoms with Gasteiger partial charge in [0, 0.05) is 5.57 Å².